The molecule has 0 unspecified atom stereocenters. The number of ketones is 1. The lowest BCUT2D eigenvalue weighted by Gasteiger charge is -2.11. The number of esters is 1. The molecule has 0 aliphatic carbocycles. The molecule has 2 aromatic rings. The Morgan fingerprint density at radius 1 is 1.10 bits per heavy atom. The molecule has 0 saturated carbocycles. The molecule has 0 atom stereocenters. The van der Waals surface area contributed by atoms with Crippen LogP contribution in [0.1, 0.15) is 22.8 Å². The van der Waals surface area contributed by atoms with Crippen LogP contribution in [-0.4, -0.2) is 38.0 Å². The molecule has 1 amide bonds. The number of benzene rings is 2. The lowest BCUT2D eigenvalue weighted by Crippen LogP contribution is -2.23. The van der Waals surface area contributed by atoms with Gasteiger partial charge in [0, 0.05) is 11.3 Å². The third kappa shape index (κ3) is 6.23. The summed E-state index contributed by atoms with van der Waals surface area (Å²) in [5, 5.41) is 11.5. The van der Waals surface area contributed by atoms with E-state index in [4.69, 9.17) is 31.1 Å². The van der Waals surface area contributed by atoms with Crippen LogP contribution in [0.25, 0.3) is 0 Å². The van der Waals surface area contributed by atoms with Crippen LogP contribution in [-0.2, 0) is 14.3 Å². The van der Waals surface area contributed by atoms with Gasteiger partial charge in [0.25, 0.3) is 5.91 Å². The summed E-state index contributed by atoms with van der Waals surface area (Å²) in [6.07, 6.45) is 0. The van der Waals surface area contributed by atoms with E-state index in [2.05, 4.69) is 5.32 Å². The van der Waals surface area contributed by atoms with Gasteiger partial charge in [-0.3, -0.25) is 9.59 Å². The number of anilines is 1. The van der Waals surface area contributed by atoms with Gasteiger partial charge in [0.15, 0.2) is 30.5 Å². The molecule has 0 heterocycles. The van der Waals surface area contributed by atoms with Crippen molar-refractivity contribution in [2.75, 3.05) is 25.6 Å². The van der Waals surface area contributed by atoms with Crippen LogP contribution in [0.2, 0.25) is 5.02 Å². The number of hydrogen-bond donors (Lipinski definition) is 1. The average molecular weight is 417 g/mol. The molecule has 0 saturated heterocycles. The molecule has 2 aromatic carbocycles. The second-order valence-corrected chi connectivity index (χ2v) is 6.13. The molecule has 150 valence electrons. The van der Waals surface area contributed by atoms with E-state index >= 15 is 0 Å². The third-order valence-corrected chi connectivity index (χ3v) is 3.97. The Balaban J connectivity index is 1.84. The normalized spacial score (nSPS) is 9.86. The van der Waals surface area contributed by atoms with Crippen molar-refractivity contribution in [2.24, 2.45) is 0 Å². The fourth-order valence-electron chi connectivity index (χ4n) is 2.21. The number of nitrogens with one attached hydrogen (secondary N) is 1. The molecule has 0 spiro atoms. The monoisotopic (exact) mass is 416 g/mol. The Hall–Kier alpha value is -3.57. The minimum atomic E-state index is -0.768. The van der Waals surface area contributed by atoms with Crippen molar-refractivity contribution in [3.8, 4) is 17.6 Å². The zero-order valence-corrected chi connectivity index (χ0v) is 16.4. The molecular formula is C20H17ClN2O6. The highest BCUT2D eigenvalue weighted by Gasteiger charge is 2.13. The number of rotatable bonds is 8. The highest BCUT2D eigenvalue weighted by atomic mass is 35.5. The van der Waals surface area contributed by atoms with Crippen LogP contribution < -0.4 is 14.8 Å². The standard InChI is InChI=1S/C20H17ClN2O6/c1-12(24)13-4-6-17(18(7-13)27-2)28-11-20(26)29-10-19(25)23-15-5-3-14(9-22)16(21)8-15/h3-8H,10-11H2,1-2H3,(H,23,25). The quantitative estimate of drug-likeness (QED) is 0.519. The molecule has 8 nitrogen and oxygen atoms in total. The largest absolute Gasteiger partial charge is 0.493 e. The predicted octanol–water partition coefficient (Wildman–Crippen LogP) is 2.98. The van der Waals surface area contributed by atoms with Gasteiger partial charge in [0.05, 0.1) is 17.7 Å². The van der Waals surface area contributed by atoms with E-state index in [0.29, 0.717) is 17.0 Å². The van der Waals surface area contributed by atoms with E-state index in [0.717, 1.165) is 0 Å². The molecule has 29 heavy (non-hydrogen) atoms. The molecule has 0 aliphatic heterocycles. The van der Waals surface area contributed by atoms with Crippen molar-refractivity contribution in [3.05, 3.63) is 52.5 Å². The van der Waals surface area contributed by atoms with Crippen molar-refractivity contribution < 1.29 is 28.6 Å². The predicted molar refractivity (Wildman–Crippen MR) is 104 cm³/mol. The van der Waals surface area contributed by atoms with E-state index in [9.17, 15) is 14.4 Å². The number of halogens is 1. The van der Waals surface area contributed by atoms with Crippen molar-refractivity contribution in [3.63, 3.8) is 0 Å². The summed E-state index contributed by atoms with van der Waals surface area (Å²) in [7, 11) is 1.41. The highest BCUT2D eigenvalue weighted by Crippen LogP contribution is 2.28. The van der Waals surface area contributed by atoms with Gasteiger partial charge in [-0.15, -0.1) is 0 Å². The number of amides is 1. The molecule has 0 bridgehead atoms. The van der Waals surface area contributed by atoms with Gasteiger partial charge in [0.2, 0.25) is 0 Å². The molecule has 1 N–H and O–H groups in total. The maximum Gasteiger partial charge on any atom is 0.344 e. The Labute approximate surface area is 171 Å². The van der Waals surface area contributed by atoms with E-state index in [-0.39, 0.29) is 22.1 Å². The van der Waals surface area contributed by atoms with Crippen molar-refractivity contribution in [1.82, 2.24) is 0 Å². The van der Waals surface area contributed by atoms with Crippen molar-refractivity contribution >= 4 is 34.9 Å². The Morgan fingerprint density at radius 3 is 2.48 bits per heavy atom. The second-order valence-electron chi connectivity index (χ2n) is 5.73. The van der Waals surface area contributed by atoms with Gasteiger partial charge in [-0.1, -0.05) is 11.6 Å². The average Bonchev–Trinajstić information content (AvgIpc) is 2.70. The van der Waals surface area contributed by atoms with Gasteiger partial charge < -0.3 is 19.5 Å². The Bertz CT molecular complexity index is 983. The molecular weight excluding hydrogens is 400 g/mol. The fraction of sp³-hybridized carbons (Fsp3) is 0.200. The van der Waals surface area contributed by atoms with E-state index in [1.807, 2.05) is 6.07 Å². The summed E-state index contributed by atoms with van der Waals surface area (Å²) in [5.74, 6) is -0.936. The smallest absolute Gasteiger partial charge is 0.344 e. The summed E-state index contributed by atoms with van der Waals surface area (Å²) in [5.41, 5.74) is 1.08. The van der Waals surface area contributed by atoms with Crippen LogP contribution in [0, 0.1) is 11.3 Å². The summed E-state index contributed by atoms with van der Waals surface area (Å²) >= 11 is 5.89. The number of Topliss-reactive ketones (excluding diaryl/α,β-unsaturated/α-hetero) is 1. The van der Waals surface area contributed by atoms with Crippen molar-refractivity contribution in [1.29, 1.82) is 5.26 Å². The van der Waals surface area contributed by atoms with Crippen LogP contribution in [0.5, 0.6) is 11.5 Å². The van der Waals surface area contributed by atoms with Gasteiger partial charge in [-0.25, -0.2) is 4.79 Å². The summed E-state index contributed by atoms with van der Waals surface area (Å²) in [4.78, 5) is 35.1. The minimum Gasteiger partial charge on any atom is -0.493 e. The first-order valence-corrected chi connectivity index (χ1v) is 8.68. The topological polar surface area (TPSA) is 115 Å². The van der Waals surface area contributed by atoms with Gasteiger partial charge in [-0.2, -0.15) is 5.26 Å². The molecule has 9 heteroatoms. The van der Waals surface area contributed by atoms with E-state index in [1.165, 1.54) is 44.4 Å². The van der Waals surface area contributed by atoms with Gasteiger partial charge in [-0.05, 0) is 43.3 Å². The summed E-state index contributed by atoms with van der Waals surface area (Å²) < 4.78 is 15.3. The first kappa shape index (κ1) is 21.7. The van der Waals surface area contributed by atoms with Gasteiger partial charge >= 0.3 is 5.97 Å². The number of nitriles is 1. The van der Waals surface area contributed by atoms with Crippen LogP contribution in [0.3, 0.4) is 0 Å². The lowest BCUT2D eigenvalue weighted by atomic mass is 10.1. The zero-order chi connectivity index (χ0) is 21.4. The summed E-state index contributed by atoms with van der Waals surface area (Å²) in [6, 6.07) is 10.8. The Kier molecular flexibility index (Phi) is 7.57. The van der Waals surface area contributed by atoms with Crippen LogP contribution >= 0.6 is 11.6 Å². The first-order valence-electron chi connectivity index (χ1n) is 8.31. The lowest BCUT2D eigenvalue weighted by molar-refractivity contribution is -0.149. The first-order chi connectivity index (χ1) is 13.8. The maximum absolute atomic E-state index is 11.9. The van der Waals surface area contributed by atoms with Crippen LogP contribution in [0.15, 0.2) is 36.4 Å². The highest BCUT2D eigenvalue weighted by molar-refractivity contribution is 6.32. The minimum absolute atomic E-state index is 0.135. The number of carbonyl (C=O) groups is 3. The SMILES string of the molecule is COc1cc(C(C)=O)ccc1OCC(=O)OCC(=O)Nc1ccc(C#N)c(Cl)c1. The molecule has 0 radical (unpaired) electrons. The number of hydrogen-bond acceptors (Lipinski definition) is 7. The number of methoxy groups -OCH3 is 1. The number of carbonyl (C=O) groups excluding carboxylic acids is 3. The fourth-order valence-corrected chi connectivity index (χ4v) is 2.43. The van der Waals surface area contributed by atoms with Crippen molar-refractivity contribution in [2.45, 2.75) is 6.92 Å². The number of nitrogens with zero attached hydrogens (tertiary/aromatic N) is 1. The van der Waals surface area contributed by atoms with Crippen LogP contribution in [0.4, 0.5) is 5.69 Å². The summed E-state index contributed by atoms with van der Waals surface area (Å²) in [6.45, 7) is 0.440. The molecule has 0 aliphatic rings. The van der Waals surface area contributed by atoms with E-state index in [1.54, 1.807) is 6.07 Å². The maximum atomic E-state index is 11.9. The number of ether oxygens (including phenoxy) is 3. The molecule has 0 aromatic heterocycles. The molecule has 2 rings (SSSR count). The Morgan fingerprint density at radius 2 is 1.86 bits per heavy atom. The van der Waals surface area contributed by atoms with Gasteiger partial charge in [0.1, 0.15) is 6.07 Å². The second kappa shape index (κ2) is 10.1. The van der Waals surface area contributed by atoms with E-state index < -0.39 is 25.1 Å². The zero-order valence-electron chi connectivity index (χ0n) is 15.7. The molecule has 0 fully saturated rings. The third-order valence-electron chi connectivity index (χ3n) is 3.65.